The zero-order valence-electron chi connectivity index (χ0n) is 17.5. The number of benzene rings is 2. The second kappa shape index (κ2) is 8.65. The number of aliphatic hydroxyl groups is 1. The van der Waals surface area contributed by atoms with E-state index in [4.69, 9.17) is 0 Å². The summed E-state index contributed by atoms with van der Waals surface area (Å²) >= 11 is 0. The maximum Gasteiger partial charge on any atom is 0.254 e. The number of β-amino-alcohol motifs (C(OH)–C–C–N with tert-alkyl or cyclic N) is 1. The third kappa shape index (κ3) is 4.46. The molecule has 1 aliphatic heterocycles. The minimum atomic E-state index is -0.485. The average Bonchev–Trinajstić information content (AvgIpc) is 2.76. The molecular formula is C24H24N4O3. The molecule has 0 atom stereocenters. The van der Waals surface area contributed by atoms with Crippen molar-refractivity contribution in [2.45, 2.75) is 26.5 Å². The summed E-state index contributed by atoms with van der Waals surface area (Å²) in [6.45, 7) is 4.49. The number of aryl methyl sites for hydroxylation is 1. The third-order valence-corrected chi connectivity index (χ3v) is 5.43. The minimum Gasteiger partial charge on any atom is -0.389 e. The standard InChI is InChI=1S/C24H24N4O3/c1-15-21(23(30)27-12-17-10-25-16(2)26-11-17)8-19(18-6-4-3-5-7-18)9-22(15)24(31)28-13-20(29)14-28/h3-11,20,29H,12-14H2,1-2H3,(H,27,30). The Hall–Kier alpha value is -3.58. The van der Waals surface area contributed by atoms with E-state index < -0.39 is 6.10 Å². The van der Waals surface area contributed by atoms with Crippen molar-refractivity contribution >= 4 is 11.8 Å². The second-order valence-electron chi connectivity index (χ2n) is 7.75. The summed E-state index contributed by atoms with van der Waals surface area (Å²) in [7, 11) is 0. The van der Waals surface area contributed by atoms with Gasteiger partial charge in [-0.25, -0.2) is 9.97 Å². The van der Waals surface area contributed by atoms with Crippen LogP contribution in [-0.4, -0.2) is 51.0 Å². The van der Waals surface area contributed by atoms with Crippen molar-refractivity contribution in [3.63, 3.8) is 0 Å². The summed E-state index contributed by atoms with van der Waals surface area (Å²) in [6.07, 6.45) is 2.88. The van der Waals surface area contributed by atoms with Crippen molar-refractivity contribution in [1.82, 2.24) is 20.2 Å². The molecule has 2 aromatic carbocycles. The van der Waals surface area contributed by atoms with Crippen LogP contribution < -0.4 is 5.32 Å². The van der Waals surface area contributed by atoms with Gasteiger partial charge in [0, 0.05) is 48.7 Å². The van der Waals surface area contributed by atoms with Crippen LogP contribution in [0.25, 0.3) is 11.1 Å². The molecular weight excluding hydrogens is 392 g/mol. The molecule has 2 N–H and O–H groups in total. The van der Waals surface area contributed by atoms with Crippen LogP contribution >= 0.6 is 0 Å². The van der Waals surface area contributed by atoms with Gasteiger partial charge < -0.3 is 15.3 Å². The number of rotatable bonds is 5. The van der Waals surface area contributed by atoms with Gasteiger partial charge in [-0.1, -0.05) is 30.3 Å². The highest BCUT2D eigenvalue weighted by Gasteiger charge is 2.31. The van der Waals surface area contributed by atoms with E-state index in [2.05, 4.69) is 15.3 Å². The van der Waals surface area contributed by atoms with Gasteiger partial charge in [0.25, 0.3) is 11.8 Å². The van der Waals surface area contributed by atoms with Crippen LogP contribution in [0.1, 0.15) is 37.7 Å². The first-order chi connectivity index (χ1) is 14.9. The number of amides is 2. The Morgan fingerprint density at radius 1 is 1.03 bits per heavy atom. The predicted octanol–water partition coefficient (Wildman–Crippen LogP) is 2.51. The third-order valence-electron chi connectivity index (χ3n) is 5.43. The maximum atomic E-state index is 13.1. The van der Waals surface area contributed by atoms with E-state index in [0.29, 0.717) is 35.6 Å². The Morgan fingerprint density at radius 3 is 2.32 bits per heavy atom. The molecule has 1 aliphatic rings. The van der Waals surface area contributed by atoms with Crippen LogP contribution in [-0.2, 0) is 6.54 Å². The molecule has 0 bridgehead atoms. The molecule has 7 nitrogen and oxygen atoms in total. The van der Waals surface area contributed by atoms with Crippen molar-refractivity contribution in [3.8, 4) is 11.1 Å². The van der Waals surface area contributed by atoms with E-state index in [1.54, 1.807) is 31.1 Å². The van der Waals surface area contributed by atoms with Crippen molar-refractivity contribution in [2.24, 2.45) is 0 Å². The Kier molecular flexibility index (Phi) is 5.77. The fourth-order valence-corrected chi connectivity index (χ4v) is 3.55. The van der Waals surface area contributed by atoms with Gasteiger partial charge in [-0.2, -0.15) is 0 Å². The van der Waals surface area contributed by atoms with E-state index in [0.717, 1.165) is 16.7 Å². The number of carbonyl (C=O) groups is 2. The highest BCUT2D eigenvalue weighted by Crippen LogP contribution is 2.27. The van der Waals surface area contributed by atoms with Crippen LogP contribution in [0.5, 0.6) is 0 Å². The summed E-state index contributed by atoms with van der Waals surface area (Å²) in [6, 6.07) is 13.3. The largest absolute Gasteiger partial charge is 0.389 e. The molecule has 1 fully saturated rings. The lowest BCUT2D eigenvalue weighted by Gasteiger charge is -2.36. The molecule has 4 rings (SSSR count). The van der Waals surface area contributed by atoms with E-state index in [1.165, 1.54) is 0 Å². The van der Waals surface area contributed by atoms with Crippen LogP contribution in [0, 0.1) is 13.8 Å². The quantitative estimate of drug-likeness (QED) is 0.666. The molecule has 0 radical (unpaired) electrons. The lowest BCUT2D eigenvalue weighted by atomic mass is 9.93. The van der Waals surface area contributed by atoms with Crippen molar-refractivity contribution in [1.29, 1.82) is 0 Å². The monoisotopic (exact) mass is 416 g/mol. The zero-order valence-corrected chi connectivity index (χ0v) is 17.5. The lowest BCUT2D eigenvalue weighted by molar-refractivity contribution is 0.00584. The molecule has 2 heterocycles. The Bertz CT molecular complexity index is 1110. The number of aliphatic hydroxyl groups excluding tert-OH is 1. The number of nitrogens with one attached hydrogen (secondary N) is 1. The van der Waals surface area contributed by atoms with Gasteiger partial charge in [0.1, 0.15) is 5.82 Å². The van der Waals surface area contributed by atoms with Crippen molar-refractivity contribution in [2.75, 3.05) is 13.1 Å². The molecule has 0 aliphatic carbocycles. The highest BCUT2D eigenvalue weighted by molar-refractivity contribution is 6.04. The number of hydrogen-bond donors (Lipinski definition) is 2. The van der Waals surface area contributed by atoms with Gasteiger partial charge in [-0.3, -0.25) is 9.59 Å². The smallest absolute Gasteiger partial charge is 0.254 e. The Morgan fingerprint density at radius 2 is 1.68 bits per heavy atom. The van der Waals surface area contributed by atoms with Crippen LogP contribution in [0.4, 0.5) is 0 Å². The van der Waals surface area contributed by atoms with Gasteiger partial charge in [0.15, 0.2) is 0 Å². The maximum absolute atomic E-state index is 13.1. The minimum absolute atomic E-state index is 0.179. The summed E-state index contributed by atoms with van der Waals surface area (Å²) in [5.74, 6) is 0.218. The van der Waals surface area contributed by atoms with Gasteiger partial charge in [-0.05, 0) is 42.7 Å². The molecule has 0 saturated carbocycles. The first-order valence-electron chi connectivity index (χ1n) is 10.2. The summed E-state index contributed by atoms with van der Waals surface area (Å²) < 4.78 is 0. The number of nitrogens with zero attached hydrogens (tertiary/aromatic N) is 3. The molecule has 31 heavy (non-hydrogen) atoms. The van der Waals surface area contributed by atoms with Crippen molar-refractivity contribution in [3.05, 3.63) is 82.9 Å². The van der Waals surface area contributed by atoms with E-state index >= 15 is 0 Å². The van der Waals surface area contributed by atoms with Crippen LogP contribution in [0.15, 0.2) is 54.9 Å². The Labute approximate surface area is 180 Å². The predicted molar refractivity (Wildman–Crippen MR) is 116 cm³/mol. The molecule has 158 valence electrons. The summed E-state index contributed by atoms with van der Waals surface area (Å²) in [5, 5.41) is 12.5. The van der Waals surface area contributed by atoms with Crippen LogP contribution in [0.3, 0.4) is 0 Å². The zero-order chi connectivity index (χ0) is 22.0. The molecule has 2 amide bonds. The second-order valence-corrected chi connectivity index (χ2v) is 7.75. The van der Waals surface area contributed by atoms with E-state index in [1.807, 2.05) is 42.5 Å². The molecule has 3 aromatic rings. The molecule has 1 aromatic heterocycles. The fourth-order valence-electron chi connectivity index (χ4n) is 3.55. The van der Waals surface area contributed by atoms with Gasteiger partial charge in [0.05, 0.1) is 6.10 Å². The molecule has 7 heteroatoms. The molecule has 0 spiro atoms. The number of aromatic nitrogens is 2. The SMILES string of the molecule is Cc1ncc(CNC(=O)c2cc(-c3ccccc3)cc(C(=O)N3CC(O)C3)c2C)cn1. The normalized spacial score (nSPS) is 13.6. The summed E-state index contributed by atoms with van der Waals surface area (Å²) in [5.41, 5.74) is 4.03. The van der Waals surface area contributed by atoms with Crippen molar-refractivity contribution < 1.29 is 14.7 Å². The van der Waals surface area contributed by atoms with Gasteiger partial charge in [0.2, 0.25) is 0 Å². The average molecular weight is 416 g/mol. The number of hydrogen-bond acceptors (Lipinski definition) is 5. The first-order valence-corrected chi connectivity index (χ1v) is 10.2. The summed E-state index contributed by atoms with van der Waals surface area (Å²) in [4.78, 5) is 36.0. The van der Waals surface area contributed by atoms with Gasteiger partial charge >= 0.3 is 0 Å². The first kappa shape index (κ1) is 20.7. The lowest BCUT2D eigenvalue weighted by Crippen LogP contribution is -2.53. The van der Waals surface area contributed by atoms with E-state index in [9.17, 15) is 14.7 Å². The van der Waals surface area contributed by atoms with Gasteiger partial charge in [-0.15, -0.1) is 0 Å². The van der Waals surface area contributed by atoms with Crippen LogP contribution in [0.2, 0.25) is 0 Å². The fraction of sp³-hybridized carbons (Fsp3) is 0.250. The number of likely N-dealkylation sites (tertiary alicyclic amines) is 1. The molecule has 0 unspecified atom stereocenters. The number of carbonyl (C=O) groups excluding carboxylic acids is 2. The topological polar surface area (TPSA) is 95.4 Å². The highest BCUT2D eigenvalue weighted by atomic mass is 16.3. The molecule has 1 saturated heterocycles. The van der Waals surface area contributed by atoms with E-state index in [-0.39, 0.29) is 18.4 Å². The Balaban J connectivity index is 1.66.